The quantitative estimate of drug-likeness (QED) is 0.513. The zero-order chi connectivity index (χ0) is 7.98. The fraction of sp³-hybridized carbons (Fsp3) is 0.714. The van der Waals surface area contributed by atoms with Gasteiger partial charge in [0.2, 0.25) is 0 Å². The molecule has 0 heterocycles. The molecule has 4 N–H and O–H groups in total. The summed E-state index contributed by atoms with van der Waals surface area (Å²) in [5.74, 6) is 0. The predicted molar refractivity (Wildman–Crippen MR) is 42.5 cm³/mol. The van der Waals surface area contributed by atoms with Crippen LogP contribution in [0.1, 0.15) is 13.8 Å². The molecule has 3 nitrogen and oxygen atoms in total. The maximum atomic E-state index is 8.81. The summed E-state index contributed by atoms with van der Waals surface area (Å²) in [7, 11) is 0. The van der Waals surface area contributed by atoms with E-state index < -0.39 is 0 Å². The summed E-state index contributed by atoms with van der Waals surface area (Å²) in [6.07, 6.45) is 1.52. The van der Waals surface area contributed by atoms with Gasteiger partial charge in [0.05, 0.1) is 6.10 Å². The van der Waals surface area contributed by atoms with Gasteiger partial charge in [0, 0.05) is 13.1 Å². The molecule has 0 fully saturated rings. The van der Waals surface area contributed by atoms with Crippen molar-refractivity contribution in [1.82, 2.24) is 5.32 Å². The van der Waals surface area contributed by atoms with Crippen LogP contribution in [0.15, 0.2) is 11.8 Å². The van der Waals surface area contributed by atoms with Crippen molar-refractivity contribution in [3.8, 4) is 0 Å². The van der Waals surface area contributed by atoms with Crippen molar-refractivity contribution in [2.24, 2.45) is 5.73 Å². The molecule has 0 radical (unpaired) electrons. The molecule has 0 saturated heterocycles. The Morgan fingerprint density at radius 3 is 2.80 bits per heavy atom. The third-order valence-corrected chi connectivity index (χ3v) is 1.08. The molecule has 0 aliphatic rings. The highest BCUT2D eigenvalue weighted by molar-refractivity contribution is 4.97. The minimum Gasteiger partial charge on any atom is -0.392 e. The van der Waals surface area contributed by atoms with Crippen LogP contribution in [0.4, 0.5) is 0 Å². The van der Waals surface area contributed by atoms with Gasteiger partial charge in [-0.2, -0.15) is 0 Å². The highest BCUT2D eigenvalue weighted by Gasteiger charge is 1.90. The Bertz CT molecular complexity index is 110. The van der Waals surface area contributed by atoms with Gasteiger partial charge in [0.1, 0.15) is 0 Å². The van der Waals surface area contributed by atoms with Gasteiger partial charge in [-0.1, -0.05) is 0 Å². The lowest BCUT2D eigenvalue weighted by Gasteiger charge is -2.03. The van der Waals surface area contributed by atoms with Gasteiger partial charge in [-0.3, -0.25) is 0 Å². The van der Waals surface area contributed by atoms with E-state index in [-0.39, 0.29) is 6.10 Å². The second-order valence-electron chi connectivity index (χ2n) is 2.45. The summed E-state index contributed by atoms with van der Waals surface area (Å²) in [6, 6.07) is 0. The van der Waals surface area contributed by atoms with Gasteiger partial charge in [0.15, 0.2) is 0 Å². The van der Waals surface area contributed by atoms with E-state index in [0.717, 1.165) is 5.57 Å². The standard InChI is InChI=1S/C7H16N2O/c1-6(3-8)4-9-5-7(2)10/h4,7,9-10H,3,5,8H2,1-2H3/b6-4-. The first kappa shape index (κ1) is 9.46. The molecular weight excluding hydrogens is 128 g/mol. The number of nitrogens with one attached hydrogen (secondary N) is 1. The van der Waals surface area contributed by atoms with Crippen LogP contribution in [0.2, 0.25) is 0 Å². The smallest absolute Gasteiger partial charge is 0.0684 e. The van der Waals surface area contributed by atoms with Crippen molar-refractivity contribution in [3.05, 3.63) is 11.8 Å². The molecular formula is C7H16N2O. The molecule has 0 aromatic rings. The molecule has 0 saturated carbocycles. The van der Waals surface area contributed by atoms with E-state index in [2.05, 4.69) is 5.32 Å². The van der Waals surface area contributed by atoms with E-state index in [9.17, 15) is 0 Å². The minimum atomic E-state index is -0.304. The largest absolute Gasteiger partial charge is 0.392 e. The molecule has 3 heteroatoms. The lowest BCUT2D eigenvalue weighted by molar-refractivity contribution is 0.196. The summed E-state index contributed by atoms with van der Waals surface area (Å²) in [4.78, 5) is 0. The van der Waals surface area contributed by atoms with Crippen LogP contribution in [-0.4, -0.2) is 24.3 Å². The van der Waals surface area contributed by atoms with Crippen LogP contribution in [-0.2, 0) is 0 Å². The Balaban J connectivity index is 3.34. The lowest BCUT2D eigenvalue weighted by Crippen LogP contribution is -2.20. The molecule has 0 aliphatic carbocycles. The SMILES string of the molecule is C/C(=C/NCC(C)O)CN. The van der Waals surface area contributed by atoms with E-state index in [1.54, 1.807) is 6.92 Å². The van der Waals surface area contributed by atoms with Gasteiger partial charge >= 0.3 is 0 Å². The van der Waals surface area contributed by atoms with E-state index in [1.165, 1.54) is 0 Å². The van der Waals surface area contributed by atoms with Crippen molar-refractivity contribution in [2.45, 2.75) is 20.0 Å². The first-order valence-electron chi connectivity index (χ1n) is 3.44. The maximum Gasteiger partial charge on any atom is 0.0684 e. The number of hydrogen-bond acceptors (Lipinski definition) is 3. The summed E-state index contributed by atoms with van der Waals surface area (Å²) >= 11 is 0. The predicted octanol–water partition coefficient (Wildman–Crippen LogP) is -0.181. The van der Waals surface area contributed by atoms with Gasteiger partial charge in [-0.05, 0) is 25.6 Å². The molecule has 0 amide bonds. The monoisotopic (exact) mass is 144 g/mol. The zero-order valence-electron chi connectivity index (χ0n) is 6.59. The normalized spacial score (nSPS) is 15.0. The summed E-state index contributed by atoms with van der Waals surface area (Å²) < 4.78 is 0. The molecule has 0 spiro atoms. The van der Waals surface area contributed by atoms with E-state index in [4.69, 9.17) is 10.8 Å². The third-order valence-electron chi connectivity index (χ3n) is 1.08. The van der Waals surface area contributed by atoms with Crippen LogP contribution in [0.3, 0.4) is 0 Å². The van der Waals surface area contributed by atoms with Crippen LogP contribution < -0.4 is 11.1 Å². The Kier molecular flexibility index (Phi) is 4.98. The molecule has 0 aromatic carbocycles. The van der Waals surface area contributed by atoms with Gasteiger partial charge in [-0.25, -0.2) is 0 Å². The Hall–Kier alpha value is -0.540. The average Bonchev–Trinajstić information content (AvgIpc) is 1.87. The number of rotatable bonds is 4. The average molecular weight is 144 g/mol. The number of aliphatic hydroxyl groups is 1. The van der Waals surface area contributed by atoms with Crippen LogP contribution in [0.5, 0.6) is 0 Å². The second-order valence-corrected chi connectivity index (χ2v) is 2.45. The molecule has 0 rings (SSSR count). The lowest BCUT2D eigenvalue weighted by atomic mass is 10.3. The molecule has 0 aliphatic heterocycles. The van der Waals surface area contributed by atoms with Crippen molar-refractivity contribution in [1.29, 1.82) is 0 Å². The van der Waals surface area contributed by atoms with Gasteiger partial charge in [0.25, 0.3) is 0 Å². The second kappa shape index (κ2) is 5.26. The van der Waals surface area contributed by atoms with E-state index in [1.807, 2.05) is 13.1 Å². The van der Waals surface area contributed by atoms with Crippen molar-refractivity contribution >= 4 is 0 Å². The van der Waals surface area contributed by atoms with Gasteiger partial charge in [-0.15, -0.1) is 0 Å². The topological polar surface area (TPSA) is 58.3 Å². The Labute approximate surface area is 61.9 Å². The molecule has 10 heavy (non-hydrogen) atoms. The van der Waals surface area contributed by atoms with Crippen molar-refractivity contribution in [3.63, 3.8) is 0 Å². The van der Waals surface area contributed by atoms with E-state index >= 15 is 0 Å². The Morgan fingerprint density at radius 2 is 2.40 bits per heavy atom. The van der Waals surface area contributed by atoms with Crippen LogP contribution in [0.25, 0.3) is 0 Å². The van der Waals surface area contributed by atoms with Crippen LogP contribution >= 0.6 is 0 Å². The molecule has 0 bridgehead atoms. The van der Waals surface area contributed by atoms with Crippen molar-refractivity contribution < 1.29 is 5.11 Å². The highest BCUT2D eigenvalue weighted by Crippen LogP contribution is 1.84. The zero-order valence-corrected chi connectivity index (χ0v) is 6.59. The third kappa shape index (κ3) is 5.59. The fourth-order valence-electron chi connectivity index (χ4n) is 0.463. The fourth-order valence-corrected chi connectivity index (χ4v) is 0.463. The van der Waals surface area contributed by atoms with Crippen LogP contribution in [0, 0.1) is 0 Å². The highest BCUT2D eigenvalue weighted by atomic mass is 16.3. The molecule has 1 unspecified atom stereocenters. The molecule has 0 aromatic heterocycles. The number of aliphatic hydroxyl groups excluding tert-OH is 1. The maximum absolute atomic E-state index is 8.81. The van der Waals surface area contributed by atoms with E-state index in [0.29, 0.717) is 13.1 Å². The summed E-state index contributed by atoms with van der Waals surface area (Å²) in [5.41, 5.74) is 6.40. The number of nitrogens with two attached hydrogens (primary N) is 1. The van der Waals surface area contributed by atoms with Crippen molar-refractivity contribution in [2.75, 3.05) is 13.1 Å². The minimum absolute atomic E-state index is 0.304. The first-order valence-corrected chi connectivity index (χ1v) is 3.44. The summed E-state index contributed by atoms with van der Waals surface area (Å²) in [6.45, 7) is 4.82. The number of hydrogen-bond donors (Lipinski definition) is 3. The molecule has 1 atom stereocenters. The summed E-state index contributed by atoms with van der Waals surface area (Å²) in [5, 5.41) is 11.8. The molecule has 60 valence electrons. The Morgan fingerprint density at radius 1 is 1.80 bits per heavy atom. The first-order chi connectivity index (χ1) is 4.66. The van der Waals surface area contributed by atoms with Gasteiger partial charge < -0.3 is 16.2 Å².